The van der Waals surface area contributed by atoms with Crippen LogP contribution in [0.3, 0.4) is 0 Å². The van der Waals surface area contributed by atoms with Crippen LogP contribution in [0.1, 0.15) is 51.0 Å². The Morgan fingerprint density at radius 1 is 1.31 bits per heavy atom. The standard InChI is InChI=1S/C19H24FN3O3/c1-19(2,3)26-17(24)15-5-4-6-16-21-22(18(25)23(15)16)12-11-13-7-9-14(20)10-8-13/h7-10,15H,4-6,11-12H2,1-3H3/t15-/m0/s1. The number of nitrogens with zero attached hydrogens (tertiary/aromatic N) is 3. The molecular weight excluding hydrogens is 337 g/mol. The van der Waals surface area contributed by atoms with Crippen molar-refractivity contribution in [1.82, 2.24) is 14.3 Å². The number of rotatable bonds is 4. The van der Waals surface area contributed by atoms with E-state index in [-0.39, 0.29) is 11.5 Å². The van der Waals surface area contributed by atoms with E-state index in [4.69, 9.17) is 4.74 Å². The Bertz CT molecular complexity index is 846. The molecule has 1 aromatic heterocycles. The Morgan fingerprint density at radius 2 is 2.00 bits per heavy atom. The molecule has 0 bridgehead atoms. The van der Waals surface area contributed by atoms with Crippen molar-refractivity contribution < 1.29 is 13.9 Å². The highest BCUT2D eigenvalue weighted by molar-refractivity contribution is 5.74. The number of fused-ring (bicyclic) bond motifs is 1. The van der Waals surface area contributed by atoms with E-state index in [1.165, 1.54) is 21.4 Å². The molecule has 0 radical (unpaired) electrons. The molecule has 1 aromatic carbocycles. The maximum Gasteiger partial charge on any atom is 0.346 e. The van der Waals surface area contributed by atoms with Gasteiger partial charge in [-0.25, -0.2) is 18.7 Å². The van der Waals surface area contributed by atoms with Gasteiger partial charge < -0.3 is 4.74 Å². The van der Waals surface area contributed by atoms with Crippen LogP contribution in [-0.4, -0.2) is 25.9 Å². The molecule has 6 nitrogen and oxygen atoms in total. The van der Waals surface area contributed by atoms with Crippen molar-refractivity contribution in [3.8, 4) is 0 Å². The second-order valence-corrected chi connectivity index (χ2v) is 7.61. The summed E-state index contributed by atoms with van der Waals surface area (Å²) in [6.07, 6.45) is 2.59. The van der Waals surface area contributed by atoms with Crippen molar-refractivity contribution >= 4 is 5.97 Å². The van der Waals surface area contributed by atoms with Crippen molar-refractivity contribution in [1.29, 1.82) is 0 Å². The molecule has 0 unspecified atom stereocenters. The van der Waals surface area contributed by atoms with Crippen molar-refractivity contribution in [2.45, 2.75) is 64.6 Å². The minimum Gasteiger partial charge on any atom is -0.458 e. The summed E-state index contributed by atoms with van der Waals surface area (Å²) in [6.45, 7) is 5.81. The molecule has 0 spiro atoms. The van der Waals surface area contributed by atoms with Crippen molar-refractivity contribution in [3.05, 3.63) is 52.0 Å². The average molecular weight is 361 g/mol. The highest BCUT2D eigenvalue weighted by Crippen LogP contribution is 2.25. The summed E-state index contributed by atoms with van der Waals surface area (Å²) in [7, 11) is 0. The highest BCUT2D eigenvalue weighted by atomic mass is 19.1. The third kappa shape index (κ3) is 4.03. The van der Waals surface area contributed by atoms with E-state index in [1.54, 1.807) is 12.1 Å². The lowest BCUT2D eigenvalue weighted by Crippen LogP contribution is -2.38. The molecule has 0 saturated heterocycles. The first-order valence-electron chi connectivity index (χ1n) is 8.90. The number of carbonyl (C=O) groups excluding carboxylic acids is 1. The zero-order chi connectivity index (χ0) is 18.9. The van der Waals surface area contributed by atoms with E-state index in [0.717, 1.165) is 12.0 Å². The molecule has 0 saturated carbocycles. The number of esters is 1. The van der Waals surface area contributed by atoms with Gasteiger partial charge in [-0.1, -0.05) is 12.1 Å². The summed E-state index contributed by atoms with van der Waals surface area (Å²) in [5, 5.41) is 4.40. The summed E-state index contributed by atoms with van der Waals surface area (Å²) in [5.41, 5.74) is 0.0299. The molecule has 1 atom stereocenters. The molecule has 0 amide bonds. The van der Waals surface area contributed by atoms with Crippen molar-refractivity contribution in [2.24, 2.45) is 0 Å². The SMILES string of the molecule is CC(C)(C)OC(=O)[C@@H]1CCCc2nn(CCc3ccc(F)cc3)c(=O)n21. The molecule has 0 fully saturated rings. The second kappa shape index (κ2) is 7.05. The van der Waals surface area contributed by atoms with Crippen LogP contribution in [-0.2, 0) is 28.9 Å². The van der Waals surface area contributed by atoms with Gasteiger partial charge in [0.2, 0.25) is 0 Å². The van der Waals surface area contributed by atoms with E-state index in [0.29, 0.717) is 31.6 Å². The summed E-state index contributed by atoms with van der Waals surface area (Å²) < 4.78 is 21.3. The fraction of sp³-hybridized carbons (Fsp3) is 0.526. The molecule has 0 N–H and O–H groups in total. The Hall–Kier alpha value is -2.44. The topological polar surface area (TPSA) is 66.1 Å². The first-order chi connectivity index (χ1) is 12.2. The first kappa shape index (κ1) is 18.4. The van der Waals surface area contributed by atoms with Gasteiger partial charge in [0, 0.05) is 6.42 Å². The fourth-order valence-corrected chi connectivity index (χ4v) is 3.16. The van der Waals surface area contributed by atoms with Crippen LogP contribution < -0.4 is 5.69 Å². The molecule has 7 heteroatoms. The third-order valence-electron chi connectivity index (χ3n) is 4.34. The van der Waals surface area contributed by atoms with Gasteiger partial charge in [-0.05, 0) is 57.7 Å². The zero-order valence-corrected chi connectivity index (χ0v) is 15.4. The molecule has 2 heterocycles. The number of benzene rings is 1. The van der Waals surface area contributed by atoms with E-state index in [2.05, 4.69) is 5.10 Å². The molecule has 2 aromatic rings. The monoisotopic (exact) mass is 361 g/mol. The molecule has 1 aliphatic rings. The summed E-state index contributed by atoms with van der Waals surface area (Å²) in [4.78, 5) is 25.3. The number of hydrogen-bond donors (Lipinski definition) is 0. The minimum absolute atomic E-state index is 0.288. The van der Waals surface area contributed by atoms with Crippen molar-refractivity contribution in [3.63, 3.8) is 0 Å². The minimum atomic E-state index is -0.620. The Morgan fingerprint density at radius 3 is 2.65 bits per heavy atom. The highest BCUT2D eigenvalue weighted by Gasteiger charge is 2.33. The molecule has 1 aliphatic heterocycles. The molecule has 26 heavy (non-hydrogen) atoms. The van der Waals surface area contributed by atoms with Gasteiger partial charge in [0.1, 0.15) is 23.3 Å². The van der Waals surface area contributed by atoms with E-state index in [1.807, 2.05) is 20.8 Å². The van der Waals surface area contributed by atoms with E-state index < -0.39 is 17.6 Å². The van der Waals surface area contributed by atoms with E-state index >= 15 is 0 Å². The predicted molar refractivity (Wildman–Crippen MR) is 94.4 cm³/mol. The first-order valence-corrected chi connectivity index (χ1v) is 8.90. The lowest BCUT2D eigenvalue weighted by atomic mass is 10.0. The summed E-state index contributed by atoms with van der Waals surface area (Å²) in [5.74, 6) is -0.0570. The Kier molecular flexibility index (Phi) is 4.98. The van der Waals surface area contributed by atoms with Gasteiger partial charge in [-0.2, -0.15) is 5.10 Å². The van der Waals surface area contributed by atoms with Crippen LogP contribution in [0.5, 0.6) is 0 Å². The van der Waals surface area contributed by atoms with Crippen molar-refractivity contribution in [2.75, 3.05) is 0 Å². The predicted octanol–water partition coefficient (Wildman–Crippen LogP) is 2.65. The zero-order valence-electron chi connectivity index (χ0n) is 15.4. The van der Waals surface area contributed by atoms with Crippen LogP contribution in [0.15, 0.2) is 29.1 Å². The van der Waals surface area contributed by atoms with Crippen LogP contribution in [0, 0.1) is 5.82 Å². The van der Waals surface area contributed by atoms with Crippen LogP contribution in [0.2, 0.25) is 0 Å². The van der Waals surface area contributed by atoms with Gasteiger partial charge in [0.15, 0.2) is 0 Å². The summed E-state index contributed by atoms with van der Waals surface area (Å²) in [6, 6.07) is 5.56. The fourth-order valence-electron chi connectivity index (χ4n) is 3.16. The average Bonchev–Trinajstić information content (AvgIpc) is 2.89. The van der Waals surface area contributed by atoms with Crippen LogP contribution >= 0.6 is 0 Å². The summed E-state index contributed by atoms with van der Waals surface area (Å²) >= 11 is 0. The van der Waals surface area contributed by atoms with Gasteiger partial charge >= 0.3 is 11.7 Å². The lowest BCUT2D eigenvalue weighted by molar-refractivity contribution is -0.159. The van der Waals surface area contributed by atoms with Crippen LogP contribution in [0.4, 0.5) is 4.39 Å². The number of aromatic nitrogens is 3. The Labute approximate surface area is 151 Å². The number of aryl methyl sites for hydroxylation is 3. The quantitative estimate of drug-likeness (QED) is 0.785. The smallest absolute Gasteiger partial charge is 0.346 e. The van der Waals surface area contributed by atoms with Gasteiger partial charge in [0.05, 0.1) is 6.54 Å². The number of ether oxygens (including phenoxy) is 1. The van der Waals surface area contributed by atoms with Crippen LogP contribution in [0.25, 0.3) is 0 Å². The van der Waals surface area contributed by atoms with Gasteiger partial charge in [0.25, 0.3) is 0 Å². The maximum absolute atomic E-state index is 13.0. The normalized spacial score (nSPS) is 17.0. The van der Waals surface area contributed by atoms with E-state index in [9.17, 15) is 14.0 Å². The van der Waals surface area contributed by atoms with Gasteiger partial charge in [-0.3, -0.25) is 4.57 Å². The molecule has 0 aliphatic carbocycles. The second-order valence-electron chi connectivity index (χ2n) is 7.61. The largest absolute Gasteiger partial charge is 0.458 e. The maximum atomic E-state index is 13.0. The molecule has 3 rings (SSSR count). The number of hydrogen-bond acceptors (Lipinski definition) is 4. The Balaban J connectivity index is 1.80. The molecular formula is C19H24FN3O3. The number of carbonyl (C=O) groups is 1. The van der Waals surface area contributed by atoms with Gasteiger partial charge in [-0.15, -0.1) is 0 Å². The lowest BCUT2D eigenvalue weighted by Gasteiger charge is -2.26. The number of halogens is 1. The third-order valence-corrected chi connectivity index (χ3v) is 4.34. The molecule has 140 valence electrons.